The molecule has 7 heteroatoms. The smallest absolute Gasteiger partial charge is 0.336 e. The van der Waals surface area contributed by atoms with Crippen LogP contribution in [0, 0.1) is 0 Å². The van der Waals surface area contributed by atoms with Crippen molar-refractivity contribution >= 4 is 35.0 Å². The van der Waals surface area contributed by atoms with Gasteiger partial charge in [-0.15, -0.1) is 0 Å². The first-order valence-electron chi connectivity index (χ1n) is 6.61. The zero-order valence-electron chi connectivity index (χ0n) is 12.0. The normalized spacial score (nSPS) is 16.4. The largest absolute Gasteiger partial charge is 0.478 e. The van der Waals surface area contributed by atoms with Crippen molar-refractivity contribution in [3.05, 3.63) is 52.6 Å². The second-order valence-electron chi connectivity index (χ2n) is 4.79. The number of amides is 2. The lowest BCUT2D eigenvalue weighted by Gasteiger charge is -2.02. The summed E-state index contributed by atoms with van der Waals surface area (Å²) in [6.45, 7) is 0. The molecule has 0 spiro atoms. The van der Waals surface area contributed by atoms with E-state index in [-0.39, 0.29) is 21.6 Å². The molecule has 1 saturated heterocycles. The van der Waals surface area contributed by atoms with Crippen LogP contribution in [0.15, 0.2) is 45.7 Å². The highest BCUT2D eigenvalue weighted by Crippen LogP contribution is 2.32. The van der Waals surface area contributed by atoms with Crippen molar-refractivity contribution in [3.8, 4) is 11.3 Å². The van der Waals surface area contributed by atoms with Gasteiger partial charge in [-0.2, -0.15) is 0 Å². The third-order valence-electron chi connectivity index (χ3n) is 3.31. The average molecular weight is 329 g/mol. The Balaban J connectivity index is 1.95. The van der Waals surface area contributed by atoms with E-state index in [2.05, 4.69) is 0 Å². The van der Waals surface area contributed by atoms with Gasteiger partial charge >= 0.3 is 5.97 Å². The number of carbonyl (C=O) groups is 3. The Labute approximate surface area is 135 Å². The summed E-state index contributed by atoms with van der Waals surface area (Å²) in [5.41, 5.74) is 0.575. The highest BCUT2D eigenvalue weighted by Gasteiger charge is 2.32. The van der Waals surface area contributed by atoms with Crippen molar-refractivity contribution < 1.29 is 23.9 Å². The zero-order chi connectivity index (χ0) is 16.6. The van der Waals surface area contributed by atoms with Gasteiger partial charge in [-0.3, -0.25) is 14.5 Å². The predicted molar refractivity (Wildman–Crippen MR) is 84.8 cm³/mol. The molecule has 1 aliphatic rings. The van der Waals surface area contributed by atoms with Crippen LogP contribution in [0.3, 0.4) is 0 Å². The predicted octanol–water partition coefficient (Wildman–Crippen LogP) is 3.31. The molecule has 6 nitrogen and oxygen atoms in total. The first kappa shape index (κ1) is 15.1. The standard InChI is InChI=1S/C16H11NO5S/c1-17-14(18)13(23-16(17)21)8-9-6-7-12(22-9)10-4-2-3-5-11(10)15(19)20/h2-8H,1H3,(H,19,20)/b13-8-. The fourth-order valence-corrected chi connectivity index (χ4v) is 2.94. The van der Waals surface area contributed by atoms with Crippen LogP contribution in [0.2, 0.25) is 0 Å². The molecular formula is C16H11NO5S. The van der Waals surface area contributed by atoms with Gasteiger partial charge in [-0.1, -0.05) is 18.2 Å². The number of hydrogen-bond donors (Lipinski definition) is 1. The fourth-order valence-electron chi connectivity index (χ4n) is 2.13. The number of thioether (sulfide) groups is 1. The topological polar surface area (TPSA) is 87.8 Å². The van der Waals surface area contributed by atoms with Gasteiger partial charge < -0.3 is 9.52 Å². The molecule has 0 unspecified atom stereocenters. The van der Waals surface area contributed by atoms with E-state index >= 15 is 0 Å². The molecule has 0 radical (unpaired) electrons. The number of benzene rings is 1. The van der Waals surface area contributed by atoms with Gasteiger partial charge in [0.05, 0.1) is 10.5 Å². The summed E-state index contributed by atoms with van der Waals surface area (Å²) >= 11 is 0.834. The van der Waals surface area contributed by atoms with Gasteiger partial charge in [-0.05, 0) is 30.0 Å². The molecule has 1 aliphatic heterocycles. The van der Waals surface area contributed by atoms with Crippen LogP contribution in [-0.2, 0) is 4.79 Å². The van der Waals surface area contributed by atoms with Crippen LogP contribution in [0.1, 0.15) is 16.1 Å². The summed E-state index contributed by atoms with van der Waals surface area (Å²) in [5, 5.41) is 8.87. The molecule has 2 heterocycles. The fraction of sp³-hybridized carbons (Fsp3) is 0.0625. The third-order valence-corrected chi connectivity index (χ3v) is 4.27. The van der Waals surface area contributed by atoms with Crippen molar-refractivity contribution in [2.45, 2.75) is 0 Å². The first-order chi connectivity index (χ1) is 11.0. The number of nitrogens with zero attached hydrogens (tertiary/aromatic N) is 1. The molecule has 2 aromatic rings. The van der Waals surface area contributed by atoms with Crippen molar-refractivity contribution in [3.63, 3.8) is 0 Å². The maximum absolute atomic E-state index is 11.8. The summed E-state index contributed by atoms with van der Waals surface area (Å²) in [5.74, 6) is -0.682. The molecule has 0 bridgehead atoms. The number of carbonyl (C=O) groups excluding carboxylic acids is 2. The SMILES string of the molecule is CN1C(=O)S/C(=C\c2ccc(-c3ccccc3C(=O)O)o2)C1=O. The van der Waals surface area contributed by atoms with Crippen LogP contribution in [0.4, 0.5) is 4.79 Å². The number of furan rings is 1. The van der Waals surface area contributed by atoms with E-state index < -0.39 is 5.97 Å². The minimum Gasteiger partial charge on any atom is -0.478 e. The van der Waals surface area contributed by atoms with E-state index in [0.717, 1.165) is 16.7 Å². The molecule has 23 heavy (non-hydrogen) atoms. The Kier molecular flexibility index (Phi) is 3.79. The summed E-state index contributed by atoms with van der Waals surface area (Å²) in [6.07, 6.45) is 1.47. The van der Waals surface area contributed by atoms with Gasteiger partial charge in [0.2, 0.25) is 0 Å². The Morgan fingerprint density at radius 3 is 2.61 bits per heavy atom. The Hall–Kier alpha value is -2.80. The molecule has 0 saturated carbocycles. The Morgan fingerprint density at radius 1 is 1.22 bits per heavy atom. The molecule has 2 amide bonds. The minimum absolute atomic E-state index is 0.127. The number of rotatable bonds is 3. The average Bonchev–Trinajstić information content (AvgIpc) is 3.09. The van der Waals surface area contributed by atoms with Gasteiger partial charge in [0, 0.05) is 18.7 Å². The maximum Gasteiger partial charge on any atom is 0.336 e. The van der Waals surface area contributed by atoms with Crippen LogP contribution in [0.5, 0.6) is 0 Å². The first-order valence-corrected chi connectivity index (χ1v) is 7.43. The molecule has 1 fully saturated rings. The van der Waals surface area contributed by atoms with Crippen LogP contribution >= 0.6 is 11.8 Å². The molecule has 1 N–H and O–H groups in total. The lowest BCUT2D eigenvalue weighted by Crippen LogP contribution is -2.22. The van der Waals surface area contributed by atoms with E-state index in [0.29, 0.717) is 17.1 Å². The van der Waals surface area contributed by atoms with Crippen LogP contribution in [0.25, 0.3) is 17.4 Å². The van der Waals surface area contributed by atoms with Crippen LogP contribution in [-0.4, -0.2) is 34.2 Å². The summed E-state index contributed by atoms with van der Waals surface area (Å²) in [6, 6.07) is 9.73. The van der Waals surface area contributed by atoms with Crippen molar-refractivity contribution in [2.75, 3.05) is 7.05 Å². The number of imide groups is 1. The highest BCUT2D eigenvalue weighted by atomic mass is 32.2. The molecule has 0 aliphatic carbocycles. The minimum atomic E-state index is -1.05. The second-order valence-corrected chi connectivity index (χ2v) is 5.79. The lowest BCUT2D eigenvalue weighted by atomic mass is 10.1. The highest BCUT2D eigenvalue weighted by molar-refractivity contribution is 8.18. The quantitative estimate of drug-likeness (QED) is 0.869. The number of carboxylic acid groups (broad SMARTS) is 1. The molecule has 1 aromatic carbocycles. The third kappa shape index (κ3) is 2.78. The van der Waals surface area contributed by atoms with E-state index in [9.17, 15) is 19.5 Å². The summed E-state index contributed by atoms with van der Waals surface area (Å²) < 4.78 is 5.61. The monoisotopic (exact) mass is 329 g/mol. The van der Waals surface area contributed by atoms with Crippen LogP contribution < -0.4 is 0 Å². The van der Waals surface area contributed by atoms with E-state index in [1.54, 1.807) is 30.3 Å². The summed E-state index contributed by atoms with van der Waals surface area (Å²) in [7, 11) is 1.41. The zero-order valence-corrected chi connectivity index (χ0v) is 12.8. The van der Waals surface area contributed by atoms with Gasteiger partial charge in [0.15, 0.2) is 0 Å². The number of aromatic carboxylic acids is 1. The van der Waals surface area contributed by atoms with Gasteiger partial charge in [0.25, 0.3) is 11.1 Å². The maximum atomic E-state index is 11.8. The Morgan fingerprint density at radius 2 is 1.96 bits per heavy atom. The van der Waals surface area contributed by atoms with Crippen molar-refractivity contribution in [1.82, 2.24) is 4.90 Å². The van der Waals surface area contributed by atoms with Gasteiger partial charge in [-0.25, -0.2) is 4.79 Å². The van der Waals surface area contributed by atoms with E-state index in [1.165, 1.54) is 19.2 Å². The number of likely N-dealkylation sites (N-methyl/N-ethyl adjacent to an activating group) is 1. The molecule has 3 rings (SSSR count). The Bertz CT molecular complexity index is 852. The second kappa shape index (κ2) is 5.77. The number of carboxylic acids is 1. The van der Waals surface area contributed by atoms with E-state index in [4.69, 9.17) is 4.42 Å². The number of hydrogen-bond acceptors (Lipinski definition) is 5. The van der Waals surface area contributed by atoms with Gasteiger partial charge in [0.1, 0.15) is 11.5 Å². The molecular weight excluding hydrogens is 318 g/mol. The molecule has 1 aromatic heterocycles. The lowest BCUT2D eigenvalue weighted by molar-refractivity contribution is -0.121. The molecule has 116 valence electrons. The van der Waals surface area contributed by atoms with Crippen molar-refractivity contribution in [2.24, 2.45) is 0 Å². The summed E-state index contributed by atoms with van der Waals surface area (Å²) in [4.78, 5) is 35.8. The molecule has 0 atom stereocenters. The van der Waals surface area contributed by atoms with Crippen molar-refractivity contribution in [1.29, 1.82) is 0 Å². The van der Waals surface area contributed by atoms with E-state index in [1.807, 2.05) is 0 Å².